The van der Waals surface area contributed by atoms with Gasteiger partial charge in [-0.2, -0.15) is 0 Å². The average Bonchev–Trinajstić information content (AvgIpc) is 2.31. The summed E-state index contributed by atoms with van der Waals surface area (Å²) < 4.78 is 41.3. The third kappa shape index (κ3) is 2.85. The highest BCUT2D eigenvalue weighted by Gasteiger charge is 2.38. The van der Waals surface area contributed by atoms with E-state index in [1.165, 1.54) is 27.4 Å². The molecular formula is C10H14F2O3Si. The predicted molar refractivity (Wildman–Crippen MR) is 56.8 cm³/mol. The molecular weight excluding hydrogens is 234 g/mol. The molecule has 0 aliphatic carbocycles. The zero-order valence-electron chi connectivity index (χ0n) is 9.42. The largest absolute Gasteiger partial charge is 0.504 e. The van der Waals surface area contributed by atoms with Crippen LogP contribution in [0.3, 0.4) is 0 Å². The van der Waals surface area contributed by atoms with Gasteiger partial charge in [0.15, 0.2) is 11.6 Å². The van der Waals surface area contributed by atoms with Crippen LogP contribution in [0, 0.1) is 11.6 Å². The average molecular weight is 248 g/mol. The van der Waals surface area contributed by atoms with Gasteiger partial charge in [-0.1, -0.05) is 6.07 Å². The monoisotopic (exact) mass is 248 g/mol. The van der Waals surface area contributed by atoms with Gasteiger partial charge in [0.1, 0.15) is 0 Å². The summed E-state index contributed by atoms with van der Waals surface area (Å²) in [7, 11) is 1.63. The Hall–Kier alpha value is -0.823. The molecule has 0 fully saturated rings. The maximum atomic E-state index is 13.0. The van der Waals surface area contributed by atoms with Crippen molar-refractivity contribution in [1.82, 2.24) is 0 Å². The molecule has 1 rings (SSSR count). The molecule has 0 radical (unpaired) electrons. The van der Waals surface area contributed by atoms with Crippen LogP contribution in [0.4, 0.5) is 8.78 Å². The van der Waals surface area contributed by atoms with E-state index in [-0.39, 0.29) is 0 Å². The lowest BCUT2D eigenvalue weighted by molar-refractivity contribution is 0.122. The fourth-order valence-electron chi connectivity index (χ4n) is 1.37. The number of benzene rings is 1. The number of hydrogen-bond donors (Lipinski definition) is 0. The fourth-order valence-corrected chi connectivity index (χ4v) is 3.02. The Morgan fingerprint density at radius 3 is 2.00 bits per heavy atom. The summed E-state index contributed by atoms with van der Waals surface area (Å²) in [6.07, 6.45) is 0. The standard InChI is InChI=1S/C10H14F2O3Si/c1-13-16(14-2,15-3)7-8-4-5-9(11)10(12)6-8/h4-6H,7H2,1-3H3. The van der Waals surface area contributed by atoms with Crippen molar-refractivity contribution in [2.75, 3.05) is 21.3 Å². The van der Waals surface area contributed by atoms with Gasteiger partial charge in [-0.05, 0) is 17.7 Å². The van der Waals surface area contributed by atoms with Crippen LogP contribution in [0.1, 0.15) is 5.56 Å². The second kappa shape index (κ2) is 5.49. The first-order valence-corrected chi connectivity index (χ1v) is 6.59. The number of hydrogen-bond acceptors (Lipinski definition) is 3. The van der Waals surface area contributed by atoms with Crippen LogP contribution in [0.5, 0.6) is 0 Å². The van der Waals surface area contributed by atoms with Gasteiger partial charge in [-0.3, -0.25) is 0 Å². The molecule has 1 aromatic rings. The summed E-state index contributed by atoms with van der Waals surface area (Å²) in [6.45, 7) is 0. The van der Waals surface area contributed by atoms with E-state index in [1.54, 1.807) is 0 Å². The predicted octanol–water partition coefficient (Wildman–Crippen LogP) is 1.92. The van der Waals surface area contributed by atoms with Crippen LogP contribution in [0.15, 0.2) is 18.2 Å². The molecule has 16 heavy (non-hydrogen) atoms. The summed E-state index contributed by atoms with van der Waals surface area (Å²) in [4.78, 5) is 0. The lowest BCUT2D eigenvalue weighted by atomic mass is 10.2. The van der Waals surface area contributed by atoms with Gasteiger partial charge < -0.3 is 13.3 Å². The molecule has 0 spiro atoms. The Labute approximate surface area is 94.3 Å². The Balaban J connectivity index is 2.89. The summed E-state index contributed by atoms with van der Waals surface area (Å²) in [5, 5.41) is 0. The highest BCUT2D eigenvalue weighted by Crippen LogP contribution is 2.16. The van der Waals surface area contributed by atoms with Gasteiger partial charge in [-0.25, -0.2) is 8.78 Å². The molecule has 0 atom stereocenters. The van der Waals surface area contributed by atoms with Crippen molar-refractivity contribution in [2.45, 2.75) is 6.04 Å². The minimum absolute atomic E-state index is 0.299. The summed E-state index contributed by atoms with van der Waals surface area (Å²) in [5.41, 5.74) is 0.580. The molecule has 0 bridgehead atoms. The molecule has 0 aliphatic rings. The van der Waals surface area contributed by atoms with E-state index in [9.17, 15) is 8.78 Å². The Kier molecular flexibility index (Phi) is 4.54. The van der Waals surface area contributed by atoms with Crippen molar-refractivity contribution in [1.29, 1.82) is 0 Å². The van der Waals surface area contributed by atoms with Crippen LogP contribution >= 0.6 is 0 Å². The van der Waals surface area contributed by atoms with Crippen molar-refractivity contribution >= 4 is 8.80 Å². The third-order valence-corrected chi connectivity index (χ3v) is 5.04. The molecule has 0 heterocycles. The molecule has 3 nitrogen and oxygen atoms in total. The van der Waals surface area contributed by atoms with E-state index in [0.717, 1.165) is 12.1 Å². The quantitative estimate of drug-likeness (QED) is 0.745. The van der Waals surface area contributed by atoms with Gasteiger partial charge in [0, 0.05) is 27.4 Å². The molecule has 0 N–H and O–H groups in total. The molecule has 0 unspecified atom stereocenters. The van der Waals surface area contributed by atoms with Crippen molar-refractivity contribution in [3.8, 4) is 0 Å². The zero-order valence-corrected chi connectivity index (χ0v) is 10.4. The van der Waals surface area contributed by atoms with Gasteiger partial charge in [0.2, 0.25) is 0 Å². The summed E-state index contributed by atoms with van der Waals surface area (Å²) in [5.74, 6) is -1.76. The number of halogens is 2. The summed E-state index contributed by atoms with van der Waals surface area (Å²) in [6, 6.07) is 3.98. The van der Waals surface area contributed by atoms with Crippen molar-refractivity contribution in [3.63, 3.8) is 0 Å². The minimum atomic E-state index is -2.79. The highest BCUT2D eigenvalue weighted by molar-refractivity contribution is 6.60. The van der Waals surface area contributed by atoms with Gasteiger partial charge in [0.05, 0.1) is 0 Å². The van der Waals surface area contributed by atoms with Crippen molar-refractivity contribution in [2.24, 2.45) is 0 Å². The minimum Gasteiger partial charge on any atom is -0.377 e. The topological polar surface area (TPSA) is 27.7 Å². The molecule has 0 aromatic heterocycles. The summed E-state index contributed by atoms with van der Waals surface area (Å²) >= 11 is 0. The van der Waals surface area contributed by atoms with Crippen molar-refractivity contribution < 1.29 is 22.1 Å². The first kappa shape index (κ1) is 13.2. The first-order valence-electron chi connectivity index (χ1n) is 4.66. The zero-order chi connectivity index (χ0) is 12.2. The second-order valence-corrected chi connectivity index (χ2v) is 6.16. The van der Waals surface area contributed by atoms with E-state index in [4.69, 9.17) is 13.3 Å². The SMILES string of the molecule is CO[Si](Cc1ccc(F)c(F)c1)(OC)OC. The number of rotatable bonds is 5. The van der Waals surface area contributed by atoms with Crippen LogP contribution in [0.25, 0.3) is 0 Å². The fraction of sp³-hybridized carbons (Fsp3) is 0.400. The normalized spacial score (nSPS) is 11.8. The van der Waals surface area contributed by atoms with Crippen LogP contribution in [-0.2, 0) is 19.3 Å². The molecule has 0 aliphatic heterocycles. The van der Waals surface area contributed by atoms with Crippen LogP contribution in [0.2, 0.25) is 0 Å². The second-order valence-electron chi connectivity index (χ2n) is 3.22. The van der Waals surface area contributed by atoms with Gasteiger partial charge >= 0.3 is 8.80 Å². The molecule has 0 amide bonds. The van der Waals surface area contributed by atoms with Crippen LogP contribution in [-0.4, -0.2) is 30.1 Å². The van der Waals surface area contributed by atoms with E-state index < -0.39 is 20.4 Å². The van der Waals surface area contributed by atoms with Gasteiger partial charge in [-0.15, -0.1) is 0 Å². The lowest BCUT2D eigenvalue weighted by Crippen LogP contribution is -2.45. The lowest BCUT2D eigenvalue weighted by Gasteiger charge is -2.24. The smallest absolute Gasteiger partial charge is 0.377 e. The molecule has 1 aromatic carbocycles. The van der Waals surface area contributed by atoms with E-state index >= 15 is 0 Å². The third-order valence-electron chi connectivity index (χ3n) is 2.34. The van der Waals surface area contributed by atoms with E-state index in [0.29, 0.717) is 11.6 Å². The van der Waals surface area contributed by atoms with E-state index in [2.05, 4.69) is 0 Å². The van der Waals surface area contributed by atoms with E-state index in [1.807, 2.05) is 0 Å². The Morgan fingerprint density at radius 1 is 1.00 bits per heavy atom. The highest BCUT2D eigenvalue weighted by atomic mass is 28.4. The molecule has 90 valence electrons. The van der Waals surface area contributed by atoms with Crippen LogP contribution < -0.4 is 0 Å². The van der Waals surface area contributed by atoms with Gasteiger partial charge in [0.25, 0.3) is 0 Å². The maximum absolute atomic E-state index is 13.0. The molecule has 6 heteroatoms. The van der Waals surface area contributed by atoms with Crippen molar-refractivity contribution in [3.05, 3.63) is 35.4 Å². The molecule has 0 saturated carbocycles. The molecule has 0 saturated heterocycles. The Bertz CT molecular complexity index is 348. The first-order chi connectivity index (χ1) is 7.56. The Morgan fingerprint density at radius 2 is 1.56 bits per heavy atom. The maximum Gasteiger partial charge on any atom is 0.504 e.